The molecule has 0 spiro atoms. The van der Waals surface area contributed by atoms with Crippen molar-refractivity contribution in [3.8, 4) is 0 Å². The van der Waals surface area contributed by atoms with Gasteiger partial charge in [0.05, 0.1) is 0 Å². The number of carboxylic acids is 1. The highest BCUT2D eigenvalue weighted by Crippen LogP contribution is 2.21. The van der Waals surface area contributed by atoms with Crippen LogP contribution in [0.3, 0.4) is 0 Å². The van der Waals surface area contributed by atoms with Crippen molar-refractivity contribution in [2.75, 3.05) is 0 Å². The molecule has 0 heterocycles. The van der Waals surface area contributed by atoms with Gasteiger partial charge in [0.1, 0.15) is 0 Å². The molecule has 3 nitrogen and oxygen atoms in total. The Morgan fingerprint density at radius 3 is 2.11 bits per heavy atom. The van der Waals surface area contributed by atoms with Gasteiger partial charge in [-0.25, -0.2) is 0 Å². The summed E-state index contributed by atoms with van der Waals surface area (Å²) < 4.78 is 0. The van der Waals surface area contributed by atoms with Crippen LogP contribution in [0.25, 0.3) is 0 Å². The second kappa shape index (κ2) is 8.70. The molecule has 1 aromatic carbocycles. The van der Waals surface area contributed by atoms with E-state index in [4.69, 9.17) is 10.8 Å². The first-order valence-corrected chi connectivity index (χ1v) is 6.74. The van der Waals surface area contributed by atoms with Gasteiger partial charge in [0.2, 0.25) is 0 Å². The van der Waals surface area contributed by atoms with Gasteiger partial charge in [-0.2, -0.15) is 0 Å². The molecule has 108 valence electrons. The van der Waals surface area contributed by atoms with E-state index in [-0.39, 0.29) is 11.5 Å². The Morgan fingerprint density at radius 2 is 1.79 bits per heavy atom. The van der Waals surface area contributed by atoms with Crippen LogP contribution in [0.4, 0.5) is 0 Å². The van der Waals surface area contributed by atoms with E-state index in [9.17, 15) is 4.79 Å². The number of hydrogen-bond acceptors (Lipinski definition) is 2. The smallest absolute Gasteiger partial charge is 0.303 e. The van der Waals surface area contributed by atoms with Gasteiger partial charge in [0.25, 0.3) is 0 Å². The summed E-state index contributed by atoms with van der Waals surface area (Å²) in [6.07, 6.45) is 2.08. The summed E-state index contributed by atoms with van der Waals surface area (Å²) in [4.78, 5) is 10.1. The molecule has 19 heavy (non-hydrogen) atoms. The highest BCUT2D eigenvalue weighted by Gasteiger charge is 2.09. The fourth-order valence-electron chi connectivity index (χ4n) is 1.53. The van der Waals surface area contributed by atoms with Crippen LogP contribution in [0.1, 0.15) is 58.6 Å². The summed E-state index contributed by atoms with van der Waals surface area (Å²) in [6, 6.07) is 10.2. The van der Waals surface area contributed by atoms with E-state index in [0.29, 0.717) is 6.42 Å². The predicted molar refractivity (Wildman–Crippen MR) is 80.0 cm³/mol. The zero-order valence-electron chi connectivity index (χ0n) is 12.5. The first-order chi connectivity index (χ1) is 8.72. The van der Waals surface area contributed by atoms with Crippen molar-refractivity contribution in [1.82, 2.24) is 0 Å². The number of rotatable bonds is 4. The lowest BCUT2D eigenvalue weighted by atomic mass is 9.90. The van der Waals surface area contributed by atoms with Crippen LogP contribution in [-0.4, -0.2) is 11.1 Å². The maximum absolute atomic E-state index is 10.1. The van der Waals surface area contributed by atoms with Crippen LogP contribution < -0.4 is 5.73 Å². The molecule has 0 aliphatic rings. The lowest BCUT2D eigenvalue weighted by Gasteiger charge is -2.16. The molecule has 1 aromatic rings. The van der Waals surface area contributed by atoms with Crippen molar-refractivity contribution in [3.05, 3.63) is 35.9 Å². The van der Waals surface area contributed by atoms with Crippen molar-refractivity contribution < 1.29 is 9.90 Å². The van der Waals surface area contributed by atoms with Crippen molar-refractivity contribution >= 4 is 5.97 Å². The Kier molecular flexibility index (Phi) is 8.08. The van der Waals surface area contributed by atoms with Gasteiger partial charge in [-0.3, -0.25) is 4.79 Å². The van der Waals surface area contributed by atoms with Crippen LogP contribution in [0, 0.1) is 5.41 Å². The molecule has 3 heteroatoms. The van der Waals surface area contributed by atoms with Gasteiger partial charge in [-0.05, 0) is 30.7 Å². The quantitative estimate of drug-likeness (QED) is 0.865. The molecule has 0 amide bonds. The van der Waals surface area contributed by atoms with E-state index < -0.39 is 5.97 Å². The van der Waals surface area contributed by atoms with Gasteiger partial charge in [-0.1, -0.05) is 51.1 Å². The molecule has 0 radical (unpaired) electrons. The fraction of sp³-hybridized carbons (Fsp3) is 0.562. The van der Waals surface area contributed by atoms with Gasteiger partial charge in [0, 0.05) is 12.5 Å². The Hall–Kier alpha value is -1.35. The molecular weight excluding hydrogens is 238 g/mol. The summed E-state index contributed by atoms with van der Waals surface area (Å²) in [7, 11) is 0. The molecule has 1 unspecified atom stereocenters. The molecule has 3 N–H and O–H groups in total. The average molecular weight is 265 g/mol. The van der Waals surface area contributed by atoms with Crippen molar-refractivity contribution in [2.24, 2.45) is 11.1 Å². The summed E-state index contributed by atoms with van der Waals surface area (Å²) in [5.41, 5.74) is 7.08. The Bertz CT molecular complexity index is 353. The number of aliphatic carboxylic acids is 1. The molecular formula is C16H27NO2. The number of hydrogen-bond donors (Lipinski definition) is 2. The first-order valence-electron chi connectivity index (χ1n) is 6.74. The lowest BCUT2D eigenvalue weighted by molar-refractivity contribution is -0.137. The first kappa shape index (κ1) is 17.6. The minimum absolute atomic E-state index is 0.159. The fourth-order valence-corrected chi connectivity index (χ4v) is 1.53. The third kappa shape index (κ3) is 11.5. The molecule has 0 bridgehead atoms. The van der Waals surface area contributed by atoms with Gasteiger partial charge < -0.3 is 10.8 Å². The second-order valence-corrected chi connectivity index (χ2v) is 6.01. The Morgan fingerprint density at radius 1 is 1.26 bits per heavy atom. The van der Waals surface area contributed by atoms with Crippen LogP contribution in [-0.2, 0) is 4.79 Å². The van der Waals surface area contributed by atoms with Crippen LogP contribution in [0.5, 0.6) is 0 Å². The summed E-state index contributed by atoms with van der Waals surface area (Å²) in [5, 5.41) is 8.31. The van der Waals surface area contributed by atoms with E-state index >= 15 is 0 Å². The van der Waals surface area contributed by atoms with Crippen LogP contribution >= 0.6 is 0 Å². The molecule has 0 saturated carbocycles. The van der Waals surface area contributed by atoms with E-state index in [2.05, 4.69) is 20.8 Å². The van der Waals surface area contributed by atoms with Gasteiger partial charge in [-0.15, -0.1) is 0 Å². The number of carbonyl (C=O) groups is 1. The highest BCUT2D eigenvalue weighted by molar-refractivity contribution is 5.66. The highest BCUT2D eigenvalue weighted by atomic mass is 16.4. The maximum atomic E-state index is 10.1. The zero-order chi connectivity index (χ0) is 14.9. The van der Waals surface area contributed by atoms with E-state index in [1.165, 1.54) is 5.56 Å². The number of nitrogens with two attached hydrogens (primary N) is 1. The second-order valence-electron chi connectivity index (χ2n) is 6.01. The standard InChI is InChI=1S/C8H11N.C8H16O2/c1-7(9)8-5-3-2-4-6-8;1-8(2,3)6-4-5-7(9)10/h2-7H,9H2,1H3;4-6H2,1-3H3,(H,9,10). The van der Waals surface area contributed by atoms with Crippen molar-refractivity contribution in [1.29, 1.82) is 0 Å². The maximum Gasteiger partial charge on any atom is 0.303 e. The normalized spacial score (nSPS) is 12.3. The largest absolute Gasteiger partial charge is 0.481 e. The number of benzene rings is 1. The SMILES string of the molecule is CC(C)(C)CCCC(=O)O.CC(N)c1ccccc1. The molecule has 0 aliphatic carbocycles. The molecule has 0 fully saturated rings. The monoisotopic (exact) mass is 265 g/mol. The van der Waals surface area contributed by atoms with E-state index in [1.54, 1.807) is 0 Å². The third-order valence-corrected chi connectivity index (χ3v) is 2.64. The van der Waals surface area contributed by atoms with Gasteiger partial charge in [0.15, 0.2) is 0 Å². The number of carboxylic acid groups (broad SMARTS) is 1. The summed E-state index contributed by atoms with van der Waals surface area (Å²) in [5.74, 6) is -0.691. The lowest BCUT2D eigenvalue weighted by Crippen LogP contribution is -2.05. The van der Waals surface area contributed by atoms with Crippen molar-refractivity contribution in [3.63, 3.8) is 0 Å². The summed E-state index contributed by atoms with van der Waals surface area (Å²) >= 11 is 0. The third-order valence-electron chi connectivity index (χ3n) is 2.64. The predicted octanol–water partition coefficient (Wildman–Crippen LogP) is 3.99. The topological polar surface area (TPSA) is 63.3 Å². The van der Waals surface area contributed by atoms with Gasteiger partial charge >= 0.3 is 5.97 Å². The van der Waals surface area contributed by atoms with E-state index in [1.807, 2.05) is 37.3 Å². The minimum atomic E-state index is -0.691. The molecule has 0 aliphatic heterocycles. The molecule has 1 atom stereocenters. The zero-order valence-corrected chi connectivity index (χ0v) is 12.5. The molecule has 0 saturated heterocycles. The van der Waals surface area contributed by atoms with Crippen LogP contribution in [0.15, 0.2) is 30.3 Å². The van der Waals surface area contributed by atoms with Crippen molar-refractivity contribution in [2.45, 2.75) is 53.0 Å². The Balaban J connectivity index is 0.000000342. The minimum Gasteiger partial charge on any atom is -0.481 e. The van der Waals surface area contributed by atoms with E-state index in [0.717, 1.165) is 12.8 Å². The average Bonchev–Trinajstić information content (AvgIpc) is 2.28. The molecule has 1 rings (SSSR count). The summed E-state index contributed by atoms with van der Waals surface area (Å²) in [6.45, 7) is 8.34. The Labute approximate surface area is 116 Å². The molecule has 0 aromatic heterocycles. The van der Waals surface area contributed by atoms with Crippen LogP contribution in [0.2, 0.25) is 0 Å².